The number of benzene rings is 4. The number of halogens is 2. The maximum absolute atomic E-state index is 6.51. The highest BCUT2D eigenvalue weighted by molar-refractivity contribution is 6.30. The lowest BCUT2D eigenvalue weighted by atomic mass is 9.86. The van der Waals surface area contributed by atoms with E-state index >= 15 is 0 Å². The molecule has 1 aliphatic heterocycles. The molecule has 1 atom stereocenters. The molecule has 42 heavy (non-hydrogen) atoms. The highest BCUT2D eigenvalue weighted by Gasteiger charge is 2.35. The number of para-hydroxylation sites is 1. The zero-order valence-electron chi connectivity index (χ0n) is 24.6. The molecule has 1 unspecified atom stereocenters. The van der Waals surface area contributed by atoms with Crippen LogP contribution in [0.2, 0.25) is 10.0 Å². The molecule has 0 aliphatic carbocycles. The molecule has 0 N–H and O–H groups in total. The van der Waals surface area contributed by atoms with Crippen molar-refractivity contribution in [2.24, 2.45) is 0 Å². The Morgan fingerprint density at radius 3 is 2.02 bits per heavy atom. The normalized spacial score (nSPS) is 14.7. The van der Waals surface area contributed by atoms with Crippen LogP contribution in [0.1, 0.15) is 37.5 Å². The Morgan fingerprint density at radius 2 is 1.38 bits per heavy atom. The largest absolute Gasteiger partial charge is 0.496 e. The van der Waals surface area contributed by atoms with Crippen LogP contribution in [-0.4, -0.2) is 32.0 Å². The fourth-order valence-electron chi connectivity index (χ4n) is 5.39. The second-order valence-corrected chi connectivity index (χ2v) is 12.0. The molecule has 0 saturated carbocycles. The molecule has 0 amide bonds. The summed E-state index contributed by atoms with van der Waals surface area (Å²) in [5.41, 5.74) is 7.33. The fraction of sp³-hybridized carbons (Fsp3) is 0.278. The SMILES string of the molecule is COc1ccccc1-c1ccc2c(c1)C(C(C)OCCc1ccc(Cl)cc1)=CC(C)(C)N2OCCc1ccc(Cl)cc1. The van der Waals surface area contributed by atoms with E-state index in [9.17, 15) is 0 Å². The summed E-state index contributed by atoms with van der Waals surface area (Å²) in [7, 11) is 1.71. The van der Waals surface area contributed by atoms with Gasteiger partial charge < -0.3 is 9.47 Å². The van der Waals surface area contributed by atoms with Gasteiger partial charge in [-0.1, -0.05) is 77.8 Å². The molecule has 0 saturated heterocycles. The van der Waals surface area contributed by atoms with E-state index in [0.717, 1.165) is 56.6 Å². The van der Waals surface area contributed by atoms with Gasteiger partial charge in [-0.05, 0) is 98.3 Å². The molecule has 5 rings (SSSR count). The van der Waals surface area contributed by atoms with Crippen molar-refractivity contribution in [3.63, 3.8) is 0 Å². The molecule has 218 valence electrons. The van der Waals surface area contributed by atoms with Gasteiger partial charge in [0.05, 0.1) is 37.7 Å². The summed E-state index contributed by atoms with van der Waals surface area (Å²) in [6.07, 6.45) is 3.74. The standard InChI is InChI=1S/C36H37Cl2NO3/c1-25(41-21-19-26-9-14-29(37)15-10-26)33-24-36(2,3)39(42-22-20-27-11-16-30(38)17-12-27)34-18-13-28(23-32(33)34)31-7-5-6-8-35(31)40-4/h5-18,23-25H,19-22H2,1-4H3. The number of hydrogen-bond donors (Lipinski definition) is 0. The maximum atomic E-state index is 6.51. The third-order valence-electron chi connectivity index (χ3n) is 7.61. The summed E-state index contributed by atoms with van der Waals surface area (Å²) in [6.45, 7) is 7.61. The van der Waals surface area contributed by atoms with Crippen molar-refractivity contribution in [3.8, 4) is 16.9 Å². The topological polar surface area (TPSA) is 30.9 Å². The summed E-state index contributed by atoms with van der Waals surface area (Å²) >= 11 is 12.1. The van der Waals surface area contributed by atoms with Gasteiger partial charge in [0.15, 0.2) is 0 Å². The Labute approximate surface area is 259 Å². The fourth-order valence-corrected chi connectivity index (χ4v) is 5.65. The van der Waals surface area contributed by atoms with Crippen LogP contribution in [0.3, 0.4) is 0 Å². The third kappa shape index (κ3) is 7.02. The van der Waals surface area contributed by atoms with Gasteiger partial charge >= 0.3 is 0 Å². The van der Waals surface area contributed by atoms with E-state index in [1.54, 1.807) is 7.11 Å². The van der Waals surface area contributed by atoms with E-state index < -0.39 is 5.54 Å². The highest BCUT2D eigenvalue weighted by atomic mass is 35.5. The van der Waals surface area contributed by atoms with Gasteiger partial charge in [0, 0.05) is 21.2 Å². The Bertz CT molecular complexity index is 1530. The number of rotatable bonds is 11. The molecule has 4 aromatic carbocycles. The molecule has 0 radical (unpaired) electrons. The van der Waals surface area contributed by atoms with Gasteiger partial charge in [-0.25, -0.2) is 5.06 Å². The van der Waals surface area contributed by atoms with Crippen LogP contribution in [0.5, 0.6) is 5.75 Å². The average Bonchev–Trinajstić information content (AvgIpc) is 2.99. The Hall–Kier alpha value is -3.28. The van der Waals surface area contributed by atoms with Crippen molar-refractivity contribution < 1.29 is 14.3 Å². The number of hydroxylamine groups is 1. The molecule has 0 spiro atoms. The monoisotopic (exact) mass is 601 g/mol. The molecule has 0 fully saturated rings. The lowest BCUT2D eigenvalue weighted by Gasteiger charge is -2.43. The van der Waals surface area contributed by atoms with Gasteiger partial charge in [0.1, 0.15) is 5.75 Å². The van der Waals surface area contributed by atoms with Crippen molar-refractivity contribution in [2.45, 2.75) is 45.3 Å². The first kappa shape index (κ1) is 30.2. The molecule has 4 aromatic rings. The lowest BCUT2D eigenvalue weighted by molar-refractivity contribution is 0.0733. The van der Waals surface area contributed by atoms with Gasteiger partial charge in [0.2, 0.25) is 0 Å². The summed E-state index contributed by atoms with van der Waals surface area (Å²) in [5, 5.41) is 3.51. The predicted octanol–water partition coefficient (Wildman–Crippen LogP) is 9.47. The molecular formula is C36H37Cl2NO3. The number of fused-ring (bicyclic) bond motifs is 1. The second kappa shape index (κ2) is 13.4. The molecule has 4 nitrogen and oxygen atoms in total. The van der Waals surface area contributed by atoms with Crippen molar-refractivity contribution in [3.05, 3.63) is 124 Å². The van der Waals surface area contributed by atoms with Crippen molar-refractivity contribution in [1.29, 1.82) is 0 Å². The van der Waals surface area contributed by atoms with Crippen LogP contribution in [0.25, 0.3) is 16.7 Å². The summed E-state index contributed by atoms with van der Waals surface area (Å²) in [5.74, 6) is 0.836. The van der Waals surface area contributed by atoms with Gasteiger partial charge in [-0.3, -0.25) is 4.84 Å². The zero-order chi connectivity index (χ0) is 29.7. The minimum atomic E-state index is -0.401. The Kier molecular flexibility index (Phi) is 9.60. The minimum absolute atomic E-state index is 0.125. The number of nitrogens with zero attached hydrogens (tertiary/aromatic N) is 1. The first-order valence-corrected chi connectivity index (χ1v) is 15.0. The van der Waals surface area contributed by atoms with E-state index in [2.05, 4.69) is 51.1 Å². The van der Waals surface area contributed by atoms with E-state index in [1.165, 1.54) is 11.1 Å². The summed E-state index contributed by atoms with van der Waals surface area (Å²) in [4.78, 5) is 6.51. The Balaban J connectivity index is 1.43. The second-order valence-electron chi connectivity index (χ2n) is 11.1. The highest BCUT2D eigenvalue weighted by Crippen LogP contribution is 2.44. The van der Waals surface area contributed by atoms with E-state index in [4.69, 9.17) is 37.5 Å². The number of methoxy groups -OCH3 is 1. The lowest BCUT2D eigenvalue weighted by Crippen LogP contribution is -2.46. The molecule has 6 heteroatoms. The molecule has 1 heterocycles. The zero-order valence-corrected chi connectivity index (χ0v) is 26.1. The molecule has 0 aromatic heterocycles. The number of ether oxygens (including phenoxy) is 2. The van der Waals surface area contributed by atoms with E-state index in [-0.39, 0.29) is 6.10 Å². The first-order valence-electron chi connectivity index (χ1n) is 14.3. The van der Waals surface area contributed by atoms with E-state index in [1.807, 2.05) is 71.8 Å². The minimum Gasteiger partial charge on any atom is -0.496 e. The van der Waals surface area contributed by atoms with Crippen LogP contribution in [0, 0.1) is 0 Å². The molecular weight excluding hydrogens is 565 g/mol. The smallest absolute Gasteiger partial charge is 0.126 e. The van der Waals surface area contributed by atoms with Gasteiger partial charge in [-0.2, -0.15) is 0 Å². The predicted molar refractivity (Wildman–Crippen MR) is 175 cm³/mol. The van der Waals surface area contributed by atoms with Crippen LogP contribution >= 0.6 is 23.2 Å². The van der Waals surface area contributed by atoms with Crippen LogP contribution < -0.4 is 9.80 Å². The van der Waals surface area contributed by atoms with Crippen LogP contribution in [0.4, 0.5) is 5.69 Å². The summed E-state index contributed by atoms with van der Waals surface area (Å²) < 4.78 is 12.1. The maximum Gasteiger partial charge on any atom is 0.126 e. The quantitative estimate of drug-likeness (QED) is 0.171. The Morgan fingerprint density at radius 1 is 0.762 bits per heavy atom. The van der Waals surface area contributed by atoms with E-state index in [0.29, 0.717) is 13.2 Å². The van der Waals surface area contributed by atoms with Crippen molar-refractivity contribution in [2.75, 3.05) is 25.4 Å². The number of anilines is 1. The first-order chi connectivity index (χ1) is 20.2. The average molecular weight is 603 g/mol. The van der Waals surface area contributed by atoms with Crippen molar-refractivity contribution in [1.82, 2.24) is 0 Å². The summed E-state index contributed by atoms with van der Waals surface area (Å²) in [6, 6.07) is 30.5. The molecule has 0 bridgehead atoms. The van der Waals surface area contributed by atoms with Crippen LogP contribution in [0.15, 0.2) is 97.1 Å². The molecule has 1 aliphatic rings. The van der Waals surface area contributed by atoms with Crippen molar-refractivity contribution >= 4 is 34.5 Å². The van der Waals surface area contributed by atoms with Crippen LogP contribution in [-0.2, 0) is 22.4 Å². The van der Waals surface area contributed by atoms with Gasteiger partial charge in [0.25, 0.3) is 0 Å². The third-order valence-corrected chi connectivity index (χ3v) is 8.11. The van der Waals surface area contributed by atoms with Gasteiger partial charge in [-0.15, -0.1) is 0 Å². The number of hydrogen-bond acceptors (Lipinski definition) is 4.